The Kier molecular flexibility index (Phi) is 4.33. The summed E-state index contributed by atoms with van der Waals surface area (Å²) in [4.78, 5) is 4.53. The molecule has 0 unspecified atom stereocenters. The van der Waals surface area contributed by atoms with Crippen molar-refractivity contribution in [2.24, 2.45) is 0 Å². The zero-order valence-corrected chi connectivity index (χ0v) is 11.3. The van der Waals surface area contributed by atoms with Crippen molar-refractivity contribution in [3.8, 4) is 0 Å². The molecule has 0 aromatic carbocycles. The number of fused-ring (bicyclic) bond motifs is 1. The number of aromatic nitrogens is 2. The molecule has 0 aliphatic rings. The molecule has 0 atom stereocenters. The van der Waals surface area contributed by atoms with Gasteiger partial charge >= 0.3 is 0 Å². The molecule has 0 fully saturated rings. The van der Waals surface area contributed by atoms with Crippen molar-refractivity contribution in [1.82, 2.24) is 14.7 Å². The summed E-state index contributed by atoms with van der Waals surface area (Å²) in [5.41, 5.74) is 3.30. The van der Waals surface area contributed by atoms with Gasteiger partial charge in [-0.1, -0.05) is 6.07 Å². The van der Waals surface area contributed by atoms with E-state index in [1.54, 1.807) is 0 Å². The van der Waals surface area contributed by atoms with Crippen LogP contribution in [0.4, 0.5) is 0 Å². The first-order valence-corrected chi connectivity index (χ1v) is 6.43. The minimum absolute atomic E-state index is 0.296. The standard InChI is InChI=1S/C14H21N3O/c1-11(2)18-9-7-15-10-13-12(3)16-14-6-4-5-8-17(13)14/h4-6,8,11,15H,7,9-10H2,1-3H3. The monoisotopic (exact) mass is 247 g/mol. The van der Waals surface area contributed by atoms with Gasteiger partial charge in [-0.25, -0.2) is 4.98 Å². The van der Waals surface area contributed by atoms with Crippen molar-refractivity contribution in [3.05, 3.63) is 35.8 Å². The summed E-state index contributed by atoms with van der Waals surface area (Å²) >= 11 is 0. The fraction of sp³-hybridized carbons (Fsp3) is 0.500. The molecule has 98 valence electrons. The van der Waals surface area contributed by atoms with Gasteiger partial charge in [-0.05, 0) is 32.9 Å². The van der Waals surface area contributed by atoms with Crippen molar-refractivity contribution in [3.63, 3.8) is 0 Å². The Morgan fingerprint density at radius 3 is 3.00 bits per heavy atom. The van der Waals surface area contributed by atoms with Crippen LogP contribution in [0.25, 0.3) is 5.65 Å². The maximum absolute atomic E-state index is 5.49. The lowest BCUT2D eigenvalue weighted by Gasteiger charge is -2.09. The molecular formula is C14H21N3O. The number of ether oxygens (including phenoxy) is 1. The maximum atomic E-state index is 5.49. The lowest BCUT2D eigenvalue weighted by atomic mass is 10.3. The molecule has 0 bridgehead atoms. The van der Waals surface area contributed by atoms with E-state index in [9.17, 15) is 0 Å². The average Bonchev–Trinajstić information content (AvgIpc) is 2.65. The predicted molar refractivity (Wildman–Crippen MR) is 72.7 cm³/mol. The number of hydrogen-bond acceptors (Lipinski definition) is 3. The Morgan fingerprint density at radius 2 is 2.22 bits per heavy atom. The van der Waals surface area contributed by atoms with Crippen LogP contribution in [0.15, 0.2) is 24.4 Å². The number of hydrogen-bond donors (Lipinski definition) is 1. The number of pyridine rings is 1. The van der Waals surface area contributed by atoms with Gasteiger partial charge in [0.1, 0.15) is 5.65 Å². The summed E-state index contributed by atoms with van der Waals surface area (Å²) in [7, 11) is 0. The molecule has 0 saturated carbocycles. The lowest BCUT2D eigenvalue weighted by molar-refractivity contribution is 0.0806. The molecule has 0 amide bonds. The van der Waals surface area contributed by atoms with E-state index < -0.39 is 0 Å². The zero-order chi connectivity index (χ0) is 13.0. The third-order valence-electron chi connectivity index (χ3n) is 2.85. The lowest BCUT2D eigenvalue weighted by Crippen LogP contribution is -2.22. The van der Waals surface area contributed by atoms with Crippen LogP contribution in [-0.4, -0.2) is 28.6 Å². The molecule has 4 nitrogen and oxygen atoms in total. The molecule has 4 heteroatoms. The molecule has 0 aliphatic heterocycles. The molecular weight excluding hydrogens is 226 g/mol. The summed E-state index contributed by atoms with van der Waals surface area (Å²) in [5, 5.41) is 3.39. The molecule has 0 spiro atoms. The molecule has 2 aromatic heterocycles. The highest BCUT2D eigenvalue weighted by atomic mass is 16.5. The van der Waals surface area contributed by atoms with Gasteiger partial charge in [0.25, 0.3) is 0 Å². The molecule has 1 N–H and O–H groups in total. The number of aryl methyl sites for hydroxylation is 1. The van der Waals surface area contributed by atoms with Crippen molar-refractivity contribution in [2.45, 2.75) is 33.4 Å². The zero-order valence-electron chi connectivity index (χ0n) is 11.3. The van der Waals surface area contributed by atoms with Crippen LogP contribution in [0.2, 0.25) is 0 Å². The van der Waals surface area contributed by atoms with Gasteiger partial charge in [0.2, 0.25) is 0 Å². The van der Waals surface area contributed by atoms with E-state index in [1.165, 1.54) is 5.69 Å². The van der Waals surface area contributed by atoms with Gasteiger partial charge in [0.05, 0.1) is 24.1 Å². The second-order valence-corrected chi connectivity index (χ2v) is 4.67. The van der Waals surface area contributed by atoms with E-state index in [4.69, 9.17) is 4.74 Å². The van der Waals surface area contributed by atoms with Crippen molar-refractivity contribution in [2.75, 3.05) is 13.2 Å². The summed E-state index contributed by atoms with van der Waals surface area (Å²) in [6.45, 7) is 8.57. The van der Waals surface area contributed by atoms with Gasteiger partial charge in [0.15, 0.2) is 0 Å². The van der Waals surface area contributed by atoms with Gasteiger partial charge in [0, 0.05) is 19.3 Å². The SMILES string of the molecule is Cc1nc2ccccn2c1CNCCOC(C)C. The topological polar surface area (TPSA) is 38.6 Å². The van der Waals surface area contributed by atoms with Gasteiger partial charge in [-0.3, -0.25) is 0 Å². The van der Waals surface area contributed by atoms with Crippen LogP contribution in [0.3, 0.4) is 0 Å². The van der Waals surface area contributed by atoms with Crippen LogP contribution >= 0.6 is 0 Å². The summed E-state index contributed by atoms with van der Waals surface area (Å²) < 4.78 is 7.62. The van der Waals surface area contributed by atoms with Gasteiger partial charge in [-0.2, -0.15) is 0 Å². The highest BCUT2D eigenvalue weighted by Crippen LogP contribution is 2.11. The first kappa shape index (κ1) is 13.1. The molecule has 2 heterocycles. The van der Waals surface area contributed by atoms with Gasteiger partial charge < -0.3 is 14.5 Å². The van der Waals surface area contributed by atoms with Crippen LogP contribution in [-0.2, 0) is 11.3 Å². The quantitative estimate of drug-likeness (QED) is 0.795. The summed E-state index contributed by atoms with van der Waals surface area (Å²) in [6, 6.07) is 6.06. The minimum Gasteiger partial charge on any atom is -0.377 e. The molecule has 2 rings (SSSR count). The Balaban J connectivity index is 1.93. The van der Waals surface area contributed by atoms with Gasteiger partial charge in [-0.15, -0.1) is 0 Å². The van der Waals surface area contributed by atoms with Crippen molar-refractivity contribution in [1.29, 1.82) is 0 Å². The normalized spacial score (nSPS) is 11.6. The van der Waals surface area contributed by atoms with Crippen LogP contribution in [0.1, 0.15) is 25.2 Å². The molecule has 18 heavy (non-hydrogen) atoms. The molecule has 2 aromatic rings. The Hall–Kier alpha value is -1.39. The highest BCUT2D eigenvalue weighted by molar-refractivity contribution is 5.42. The fourth-order valence-corrected chi connectivity index (χ4v) is 1.95. The largest absolute Gasteiger partial charge is 0.377 e. The fourth-order valence-electron chi connectivity index (χ4n) is 1.95. The smallest absolute Gasteiger partial charge is 0.137 e. The minimum atomic E-state index is 0.296. The molecule has 0 saturated heterocycles. The maximum Gasteiger partial charge on any atom is 0.137 e. The number of nitrogens with one attached hydrogen (secondary N) is 1. The highest BCUT2D eigenvalue weighted by Gasteiger charge is 2.06. The van der Waals surface area contributed by atoms with Crippen LogP contribution in [0.5, 0.6) is 0 Å². The second kappa shape index (κ2) is 5.98. The number of imidazole rings is 1. The van der Waals surface area contributed by atoms with E-state index >= 15 is 0 Å². The van der Waals surface area contributed by atoms with E-state index in [-0.39, 0.29) is 0 Å². The predicted octanol–water partition coefficient (Wildman–Crippen LogP) is 2.16. The third kappa shape index (κ3) is 3.09. The first-order chi connectivity index (χ1) is 8.68. The third-order valence-corrected chi connectivity index (χ3v) is 2.85. The van der Waals surface area contributed by atoms with Crippen LogP contribution < -0.4 is 5.32 Å². The number of rotatable bonds is 6. The first-order valence-electron chi connectivity index (χ1n) is 6.43. The summed E-state index contributed by atoms with van der Waals surface area (Å²) in [6.07, 6.45) is 2.35. The Bertz CT molecular complexity index is 505. The van der Waals surface area contributed by atoms with E-state index in [2.05, 4.69) is 41.7 Å². The van der Waals surface area contributed by atoms with Crippen LogP contribution in [0, 0.1) is 6.92 Å². The summed E-state index contributed by atoms with van der Waals surface area (Å²) in [5.74, 6) is 0. The Morgan fingerprint density at radius 1 is 1.39 bits per heavy atom. The molecule has 0 aliphatic carbocycles. The van der Waals surface area contributed by atoms with E-state index in [1.807, 2.05) is 18.2 Å². The number of nitrogens with zero attached hydrogens (tertiary/aromatic N) is 2. The average molecular weight is 247 g/mol. The van der Waals surface area contributed by atoms with Crippen molar-refractivity contribution >= 4 is 5.65 Å². The molecule has 0 radical (unpaired) electrons. The van der Waals surface area contributed by atoms with E-state index in [0.29, 0.717) is 6.10 Å². The van der Waals surface area contributed by atoms with Crippen molar-refractivity contribution < 1.29 is 4.74 Å². The Labute approximate surface area is 108 Å². The second-order valence-electron chi connectivity index (χ2n) is 4.67. The van der Waals surface area contributed by atoms with E-state index in [0.717, 1.165) is 31.0 Å².